The molecule has 0 saturated carbocycles. The van der Waals surface area contributed by atoms with Gasteiger partial charge in [-0.3, -0.25) is 0 Å². The van der Waals surface area contributed by atoms with Crippen molar-refractivity contribution in [1.82, 2.24) is 0 Å². The molecule has 0 spiro atoms. The van der Waals surface area contributed by atoms with Gasteiger partial charge in [0.25, 0.3) is 0 Å². The third-order valence-corrected chi connectivity index (χ3v) is 6.03. The van der Waals surface area contributed by atoms with Gasteiger partial charge < -0.3 is 11.5 Å². The van der Waals surface area contributed by atoms with E-state index in [1.54, 1.807) is 0 Å². The second-order valence-corrected chi connectivity index (χ2v) is 9.98. The van der Waals surface area contributed by atoms with E-state index in [1.165, 1.54) is 37.8 Å². The Bertz CT molecular complexity index is 103. The van der Waals surface area contributed by atoms with Gasteiger partial charge in [0.2, 0.25) is 0 Å². The van der Waals surface area contributed by atoms with E-state index in [0.29, 0.717) is 0 Å². The molecular weight excluding hydrogens is 176 g/mol. The lowest BCUT2D eigenvalue weighted by Crippen LogP contribution is -2.25. The predicted octanol–water partition coefficient (Wildman–Crippen LogP) is 2.17. The minimum Gasteiger partial charge on any atom is -0.330 e. The lowest BCUT2D eigenvalue weighted by atomic mass is 10.3. The van der Waals surface area contributed by atoms with E-state index >= 15 is 0 Å². The summed E-state index contributed by atoms with van der Waals surface area (Å²) in [4.78, 5) is 0. The molecular formula is C10H26N2Si. The van der Waals surface area contributed by atoms with Crippen molar-refractivity contribution < 1.29 is 0 Å². The molecule has 0 aromatic carbocycles. The van der Waals surface area contributed by atoms with Gasteiger partial charge in [-0.05, 0) is 25.9 Å². The average molecular weight is 202 g/mol. The lowest BCUT2D eigenvalue weighted by molar-refractivity contribution is 0.770. The van der Waals surface area contributed by atoms with Crippen LogP contribution in [0.3, 0.4) is 0 Å². The molecule has 2 nitrogen and oxygen atoms in total. The fourth-order valence-corrected chi connectivity index (χ4v) is 4.28. The molecule has 4 N–H and O–H groups in total. The van der Waals surface area contributed by atoms with E-state index in [0.717, 1.165) is 13.1 Å². The molecule has 0 aromatic heterocycles. The molecule has 0 radical (unpaired) electrons. The van der Waals surface area contributed by atoms with Gasteiger partial charge in [-0.25, -0.2) is 0 Å². The Morgan fingerprint density at radius 2 is 1.15 bits per heavy atom. The maximum atomic E-state index is 5.48. The van der Waals surface area contributed by atoms with Crippen LogP contribution in [0.1, 0.15) is 25.7 Å². The van der Waals surface area contributed by atoms with Crippen LogP contribution in [-0.2, 0) is 0 Å². The second-order valence-electron chi connectivity index (χ2n) is 4.66. The van der Waals surface area contributed by atoms with Gasteiger partial charge in [0.15, 0.2) is 0 Å². The molecule has 0 rings (SSSR count). The van der Waals surface area contributed by atoms with Gasteiger partial charge in [0, 0.05) is 8.07 Å². The highest BCUT2D eigenvalue weighted by atomic mass is 28.3. The van der Waals surface area contributed by atoms with Crippen molar-refractivity contribution >= 4 is 8.07 Å². The maximum Gasteiger partial charge on any atom is 0.0473 e. The number of hydrogen-bond acceptors (Lipinski definition) is 2. The Morgan fingerprint density at radius 3 is 1.46 bits per heavy atom. The Labute approximate surface area is 84.1 Å². The van der Waals surface area contributed by atoms with Crippen molar-refractivity contribution in [3.63, 3.8) is 0 Å². The average Bonchev–Trinajstić information content (AvgIpc) is 2.05. The zero-order chi connectivity index (χ0) is 10.2. The summed E-state index contributed by atoms with van der Waals surface area (Å²) >= 11 is 0. The SMILES string of the molecule is C[Si](C)(CCCCN)CCCCN. The van der Waals surface area contributed by atoms with Crippen LogP contribution in [0.5, 0.6) is 0 Å². The van der Waals surface area contributed by atoms with Crippen molar-refractivity contribution in [2.45, 2.75) is 50.9 Å². The topological polar surface area (TPSA) is 52.0 Å². The summed E-state index contributed by atoms with van der Waals surface area (Å²) in [5.41, 5.74) is 11.0. The van der Waals surface area contributed by atoms with Crippen LogP contribution in [0.2, 0.25) is 25.2 Å². The predicted molar refractivity (Wildman–Crippen MR) is 63.7 cm³/mol. The van der Waals surface area contributed by atoms with Crippen LogP contribution in [0.15, 0.2) is 0 Å². The Balaban J connectivity index is 3.42. The van der Waals surface area contributed by atoms with Gasteiger partial charge in [-0.15, -0.1) is 0 Å². The third-order valence-electron chi connectivity index (χ3n) is 2.62. The molecule has 0 bridgehead atoms. The van der Waals surface area contributed by atoms with Crippen LogP contribution < -0.4 is 11.5 Å². The zero-order valence-electron chi connectivity index (χ0n) is 9.31. The first kappa shape index (κ1) is 13.1. The Hall–Kier alpha value is 0.137. The molecule has 0 saturated heterocycles. The molecule has 13 heavy (non-hydrogen) atoms. The Morgan fingerprint density at radius 1 is 0.769 bits per heavy atom. The van der Waals surface area contributed by atoms with Crippen molar-refractivity contribution in [1.29, 1.82) is 0 Å². The molecule has 0 aromatic rings. The standard InChI is InChI=1S/C10H26N2Si/c1-13(2,9-5-3-7-11)10-6-4-8-12/h3-12H2,1-2H3. The van der Waals surface area contributed by atoms with Gasteiger partial charge >= 0.3 is 0 Å². The van der Waals surface area contributed by atoms with Crippen molar-refractivity contribution in [2.75, 3.05) is 13.1 Å². The van der Waals surface area contributed by atoms with Crippen LogP contribution in [0, 0.1) is 0 Å². The lowest BCUT2D eigenvalue weighted by Gasteiger charge is -2.21. The van der Waals surface area contributed by atoms with E-state index in [-0.39, 0.29) is 0 Å². The highest BCUT2D eigenvalue weighted by Crippen LogP contribution is 2.20. The van der Waals surface area contributed by atoms with E-state index in [9.17, 15) is 0 Å². The number of hydrogen-bond donors (Lipinski definition) is 2. The normalized spacial score (nSPS) is 12.0. The summed E-state index contributed by atoms with van der Waals surface area (Å²) in [5, 5.41) is 0. The van der Waals surface area contributed by atoms with Crippen LogP contribution in [-0.4, -0.2) is 21.2 Å². The molecule has 80 valence electrons. The molecule has 0 amide bonds. The zero-order valence-corrected chi connectivity index (χ0v) is 10.3. The summed E-state index contributed by atoms with van der Waals surface area (Å²) in [6.07, 6.45) is 5.07. The van der Waals surface area contributed by atoms with Gasteiger partial charge in [-0.1, -0.05) is 38.0 Å². The van der Waals surface area contributed by atoms with E-state index in [1.807, 2.05) is 0 Å². The Kier molecular flexibility index (Phi) is 7.61. The summed E-state index contributed by atoms with van der Waals surface area (Å²) in [7, 11) is -0.889. The van der Waals surface area contributed by atoms with Crippen molar-refractivity contribution in [3.8, 4) is 0 Å². The summed E-state index contributed by atoms with van der Waals surface area (Å²) < 4.78 is 0. The maximum absolute atomic E-state index is 5.48. The first-order valence-electron chi connectivity index (χ1n) is 5.52. The minimum absolute atomic E-state index is 0.854. The molecule has 0 aliphatic rings. The summed E-state index contributed by atoms with van der Waals surface area (Å²) in [6.45, 7) is 6.68. The number of nitrogens with two attached hydrogens (primary N) is 2. The molecule has 3 heteroatoms. The summed E-state index contributed by atoms with van der Waals surface area (Å²) in [5.74, 6) is 0. The van der Waals surface area contributed by atoms with Gasteiger partial charge in [0.05, 0.1) is 0 Å². The molecule has 0 heterocycles. The molecule has 0 unspecified atom stereocenters. The number of unbranched alkanes of at least 4 members (excludes halogenated alkanes) is 2. The van der Waals surface area contributed by atoms with Gasteiger partial charge in [0.1, 0.15) is 0 Å². The second kappa shape index (κ2) is 7.53. The first-order chi connectivity index (χ1) is 6.12. The third kappa shape index (κ3) is 8.47. The van der Waals surface area contributed by atoms with E-state index in [4.69, 9.17) is 11.5 Å². The highest BCUT2D eigenvalue weighted by Gasteiger charge is 2.18. The minimum atomic E-state index is -0.889. The fraction of sp³-hybridized carbons (Fsp3) is 1.00. The van der Waals surface area contributed by atoms with E-state index in [2.05, 4.69) is 13.1 Å². The first-order valence-corrected chi connectivity index (χ1v) is 8.94. The largest absolute Gasteiger partial charge is 0.330 e. The molecule has 0 aliphatic carbocycles. The van der Waals surface area contributed by atoms with Crippen molar-refractivity contribution in [2.24, 2.45) is 11.5 Å². The van der Waals surface area contributed by atoms with E-state index < -0.39 is 8.07 Å². The molecule has 0 aliphatic heterocycles. The van der Waals surface area contributed by atoms with Crippen LogP contribution in [0.4, 0.5) is 0 Å². The quantitative estimate of drug-likeness (QED) is 0.468. The van der Waals surface area contributed by atoms with Crippen molar-refractivity contribution in [3.05, 3.63) is 0 Å². The molecule has 0 atom stereocenters. The fourth-order valence-electron chi connectivity index (χ4n) is 1.62. The summed E-state index contributed by atoms with van der Waals surface area (Å²) in [6, 6.07) is 2.88. The monoisotopic (exact) mass is 202 g/mol. The highest BCUT2D eigenvalue weighted by molar-refractivity contribution is 6.77. The number of rotatable bonds is 8. The van der Waals surface area contributed by atoms with Crippen LogP contribution in [0.25, 0.3) is 0 Å². The van der Waals surface area contributed by atoms with Gasteiger partial charge in [-0.2, -0.15) is 0 Å². The smallest absolute Gasteiger partial charge is 0.0473 e. The molecule has 0 fully saturated rings. The van der Waals surface area contributed by atoms with Crippen LogP contribution >= 0.6 is 0 Å².